The molecule has 2 heterocycles. The Hall–Kier alpha value is -3.64. The Morgan fingerprint density at radius 1 is 1.14 bits per heavy atom. The molecule has 144 valence electrons. The van der Waals surface area contributed by atoms with E-state index in [0.717, 1.165) is 5.56 Å². The third kappa shape index (κ3) is 4.12. The van der Waals surface area contributed by atoms with Crippen LogP contribution < -0.4 is 10.9 Å². The van der Waals surface area contributed by atoms with E-state index in [1.165, 1.54) is 12.1 Å². The molecule has 2 aromatic heterocycles. The van der Waals surface area contributed by atoms with Crippen molar-refractivity contribution in [1.82, 2.24) is 4.98 Å². The highest BCUT2D eigenvalue weighted by Crippen LogP contribution is 2.23. The number of nitrogens with zero attached hydrogens (tertiary/aromatic N) is 2. The van der Waals surface area contributed by atoms with Gasteiger partial charge in [-0.2, -0.15) is 0 Å². The lowest BCUT2D eigenvalue weighted by Crippen LogP contribution is -2.22. The Kier molecular flexibility index (Phi) is 5.01. The molecule has 0 spiro atoms. The van der Waals surface area contributed by atoms with Crippen molar-refractivity contribution in [3.8, 4) is 5.75 Å². The summed E-state index contributed by atoms with van der Waals surface area (Å²) in [6, 6.07) is 16.8. The molecule has 4 aromatic rings. The molecule has 0 bridgehead atoms. The van der Waals surface area contributed by atoms with E-state index in [9.17, 15) is 9.90 Å². The van der Waals surface area contributed by atoms with Gasteiger partial charge in [-0.3, -0.25) is 4.79 Å². The Balaban J connectivity index is 1.87. The van der Waals surface area contributed by atoms with E-state index in [2.05, 4.69) is 15.3 Å². The molecule has 0 aliphatic carbocycles. The van der Waals surface area contributed by atoms with Crippen molar-refractivity contribution < 1.29 is 14.3 Å². The number of aryl methyl sites for hydroxylation is 1. The van der Waals surface area contributed by atoms with Crippen LogP contribution in [0, 0.1) is 6.92 Å². The number of rotatable bonds is 3. The van der Waals surface area contributed by atoms with Gasteiger partial charge in [-0.25, -0.2) is 9.98 Å². The predicted octanol–water partition coefficient (Wildman–Crippen LogP) is 4.98. The Bertz CT molecular complexity index is 1280. The molecule has 2 aromatic carbocycles. The maximum Gasteiger partial charge on any atom is 0.262 e. The van der Waals surface area contributed by atoms with Gasteiger partial charge in [0.25, 0.3) is 5.91 Å². The molecular formula is C22H16ClN3O3. The van der Waals surface area contributed by atoms with E-state index < -0.39 is 5.91 Å². The Morgan fingerprint density at radius 3 is 2.76 bits per heavy atom. The summed E-state index contributed by atoms with van der Waals surface area (Å²) in [6.45, 7) is 1.87. The fraction of sp³-hybridized carbons (Fsp3) is 0.0455. The molecule has 0 radical (unpaired) electrons. The summed E-state index contributed by atoms with van der Waals surface area (Å²) in [5, 5.41) is 13.8. The van der Waals surface area contributed by atoms with Crippen molar-refractivity contribution >= 4 is 40.0 Å². The summed E-state index contributed by atoms with van der Waals surface area (Å²) in [6.07, 6.45) is 1.59. The zero-order valence-electron chi connectivity index (χ0n) is 15.4. The van der Waals surface area contributed by atoms with Gasteiger partial charge in [-0.05, 0) is 61.0 Å². The third-order valence-corrected chi connectivity index (χ3v) is 4.68. The van der Waals surface area contributed by atoms with Crippen LogP contribution in [0.3, 0.4) is 0 Å². The van der Waals surface area contributed by atoms with Crippen molar-refractivity contribution in [1.29, 1.82) is 0 Å². The number of nitrogens with one attached hydrogen (secondary N) is 1. The fourth-order valence-corrected chi connectivity index (χ4v) is 2.91. The number of aromatic hydroxyl groups is 1. The molecule has 0 atom stereocenters. The fourth-order valence-electron chi connectivity index (χ4n) is 2.79. The zero-order chi connectivity index (χ0) is 20.4. The average molecular weight is 406 g/mol. The second-order valence-electron chi connectivity index (χ2n) is 6.40. The van der Waals surface area contributed by atoms with Crippen LogP contribution >= 0.6 is 11.6 Å². The van der Waals surface area contributed by atoms with E-state index >= 15 is 0 Å². The number of carbonyl (C=O) groups is 1. The number of hydrogen-bond acceptors (Lipinski definition) is 5. The number of aromatic nitrogens is 1. The monoisotopic (exact) mass is 405 g/mol. The number of phenols is 1. The van der Waals surface area contributed by atoms with Gasteiger partial charge in [0.2, 0.25) is 5.55 Å². The van der Waals surface area contributed by atoms with Gasteiger partial charge in [0.15, 0.2) is 0 Å². The van der Waals surface area contributed by atoms with Gasteiger partial charge in [0, 0.05) is 22.7 Å². The largest absolute Gasteiger partial charge is 0.508 e. The normalized spacial score (nSPS) is 11.6. The number of anilines is 1. The summed E-state index contributed by atoms with van der Waals surface area (Å²) in [5.74, 6) is 0.0590. The number of benzene rings is 2. The van der Waals surface area contributed by atoms with Gasteiger partial charge in [-0.15, -0.1) is 0 Å². The van der Waals surface area contributed by atoms with Crippen LogP contribution in [-0.4, -0.2) is 16.0 Å². The second-order valence-corrected chi connectivity index (χ2v) is 6.81. The van der Waals surface area contributed by atoms with Crippen LogP contribution in [0.2, 0.25) is 5.02 Å². The van der Waals surface area contributed by atoms with Gasteiger partial charge < -0.3 is 14.8 Å². The maximum absolute atomic E-state index is 12.9. The molecular weight excluding hydrogens is 390 g/mol. The van der Waals surface area contributed by atoms with E-state index in [1.807, 2.05) is 6.92 Å². The summed E-state index contributed by atoms with van der Waals surface area (Å²) < 4.78 is 5.87. The molecule has 4 rings (SSSR count). The minimum atomic E-state index is -0.410. The van der Waals surface area contributed by atoms with Crippen LogP contribution in [-0.2, 0) is 0 Å². The smallest absolute Gasteiger partial charge is 0.262 e. The highest BCUT2D eigenvalue weighted by atomic mass is 35.5. The van der Waals surface area contributed by atoms with Gasteiger partial charge in [-0.1, -0.05) is 17.7 Å². The lowest BCUT2D eigenvalue weighted by molar-refractivity contribution is 0.102. The summed E-state index contributed by atoms with van der Waals surface area (Å²) in [7, 11) is 0. The molecule has 6 nitrogen and oxygen atoms in total. The van der Waals surface area contributed by atoms with E-state index in [-0.39, 0.29) is 16.9 Å². The first-order valence-corrected chi connectivity index (χ1v) is 9.17. The molecule has 0 aliphatic rings. The summed E-state index contributed by atoms with van der Waals surface area (Å²) in [4.78, 5) is 21.5. The number of pyridine rings is 1. The van der Waals surface area contributed by atoms with Gasteiger partial charge in [0.05, 0.1) is 5.69 Å². The lowest BCUT2D eigenvalue weighted by Gasteiger charge is -2.07. The van der Waals surface area contributed by atoms with Crippen molar-refractivity contribution in [2.45, 2.75) is 6.92 Å². The SMILES string of the molecule is Cc1cc(N=c2oc3cc(O)ccc3cc2C(=O)Nc2ccccn2)ccc1Cl. The van der Waals surface area contributed by atoms with Crippen LogP contribution in [0.5, 0.6) is 5.75 Å². The molecule has 0 fully saturated rings. The zero-order valence-corrected chi connectivity index (χ0v) is 16.1. The van der Waals surface area contributed by atoms with E-state index in [1.54, 1.807) is 54.7 Å². The van der Waals surface area contributed by atoms with Crippen LogP contribution in [0.25, 0.3) is 11.0 Å². The molecule has 7 heteroatoms. The molecule has 0 unspecified atom stereocenters. The molecule has 1 amide bonds. The van der Waals surface area contributed by atoms with Crippen LogP contribution in [0.4, 0.5) is 11.5 Å². The highest BCUT2D eigenvalue weighted by Gasteiger charge is 2.14. The average Bonchev–Trinajstić information content (AvgIpc) is 2.71. The molecule has 29 heavy (non-hydrogen) atoms. The first kappa shape index (κ1) is 18.7. The van der Waals surface area contributed by atoms with Crippen molar-refractivity contribution in [3.63, 3.8) is 0 Å². The van der Waals surface area contributed by atoms with Crippen LogP contribution in [0.1, 0.15) is 15.9 Å². The first-order chi connectivity index (χ1) is 14.0. The summed E-state index contributed by atoms with van der Waals surface area (Å²) in [5.41, 5.74) is 2.19. The number of phenolic OH excluding ortho intramolecular Hbond substituents is 1. The van der Waals surface area contributed by atoms with Crippen LogP contribution in [0.15, 0.2) is 76.3 Å². The quantitative estimate of drug-likeness (QED) is 0.503. The number of hydrogen-bond donors (Lipinski definition) is 2. The number of halogens is 1. The highest BCUT2D eigenvalue weighted by molar-refractivity contribution is 6.31. The van der Waals surface area contributed by atoms with Crippen molar-refractivity contribution in [2.75, 3.05) is 5.32 Å². The first-order valence-electron chi connectivity index (χ1n) is 8.80. The lowest BCUT2D eigenvalue weighted by atomic mass is 10.1. The summed E-state index contributed by atoms with van der Waals surface area (Å²) >= 11 is 6.09. The van der Waals surface area contributed by atoms with E-state index in [4.69, 9.17) is 16.0 Å². The minimum Gasteiger partial charge on any atom is -0.508 e. The molecule has 2 N–H and O–H groups in total. The number of carbonyl (C=O) groups excluding carboxylic acids is 1. The van der Waals surface area contributed by atoms with Crippen molar-refractivity contribution in [2.24, 2.45) is 4.99 Å². The molecule has 0 saturated heterocycles. The predicted molar refractivity (Wildman–Crippen MR) is 111 cm³/mol. The topological polar surface area (TPSA) is 87.7 Å². The molecule has 0 saturated carbocycles. The number of amides is 1. The number of fused-ring (bicyclic) bond motifs is 1. The maximum atomic E-state index is 12.9. The van der Waals surface area contributed by atoms with Gasteiger partial charge >= 0.3 is 0 Å². The molecule has 0 aliphatic heterocycles. The van der Waals surface area contributed by atoms with Crippen molar-refractivity contribution in [3.05, 3.63) is 88.6 Å². The Labute approximate surface area is 171 Å². The van der Waals surface area contributed by atoms with E-state index in [0.29, 0.717) is 27.5 Å². The Morgan fingerprint density at radius 2 is 2.00 bits per heavy atom. The van der Waals surface area contributed by atoms with Gasteiger partial charge in [0.1, 0.15) is 22.7 Å². The standard InChI is InChI=1S/C22H16ClN3O3/c1-13-10-15(6-8-18(13)23)25-22-17(21(28)26-20-4-2-3-9-24-20)11-14-5-7-16(27)12-19(14)29-22/h2-12,27H,1H3,(H,24,26,28). The third-order valence-electron chi connectivity index (χ3n) is 4.26. The minimum absolute atomic E-state index is 0.0558. The second kappa shape index (κ2) is 7.77.